The van der Waals surface area contributed by atoms with Gasteiger partial charge in [-0.25, -0.2) is 0 Å². The molecule has 152 valence electrons. The largest absolute Gasteiger partial charge is 0.422 e. The van der Waals surface area contributed by atoms with Crippen LogP contribution in [-0.4, -0.2) is 27.0 Å². The van der Waals surface area contributed by atoms with E-state index in [1.165, 1.54) is 0 Å². The van der Waals surface area contributed by atoms with E-state index in [1.54, 1.807) is 79.6 Å². The summed E-state index contributed by atoms with van der Waals surface area (Å²) in [5.41, 5.74) is 0.972. The lowest BCUT2D eigenvalue weighted by molar-refractivity contribution is 0.386. The van der Waals surface area contributed by atoms with Crippen molar-refractivity contribution in [1.82, 2.24) is 15.0 Å². The fourth-order valence-corrected chi connectivity index (χ4v) is 8.32. The van der Waals surface area contributed by atoms with E-state index >= 15 is 0 Å². The molecule has 0 radical (unpaired) electrons. The monoisotopic (exact) mass is 438 g/mol. The molecule has 30 heavy (non-hydrogen) atoms. The zero-order chi connectivity index (χ0) is 21.0. The lowest BCUT2D eigenvalue weighted by Crippen LogP contribution is -2.19. The Balaban J connectivity index is 1.99. The van der Waals surface area contributed by atoms with Crippen molar-refractivity contribution in [3.05, 3.63) is 103 Å². The lowest BCUT2D eigenvalue weighted by atomic mass is 10.2. The molecule has 0 aliphatic heterocycles. The Bertz CT molecular complexity index is 1120. The number of nitrogens with zero attached hydrogens (tertiary/aromatic N) is 3. The molecule has 0 fully saturated rings. The molecule has 3 heterocycles. The molecule has 8 heteroatoms. The van der Waals surface area contributed by atoms with Crippen LogP contribution in [0.3, 0.4) is 0 Å². The number of benzene rings is 1. The van der Waals surface area contributed by atoms with Gasteiger partial charge in [-0.05, 0) is 55.5 Å². The number of hydrogen-bond donors (Lipinski definition) is 0. The van der Waals surface area contributed by atoms with E-state index in [0.29, 0.717) is 14.7 Å². The standard InChI is InChI=1S/C22H19N3O3S2/c1-18-8-10-19(11-9-18)30(26,27)28-29(20-5-2-12-23-15-20,21-6-3-13-24-16-21)22-7-4-14-25-17-22/h2-17H,1H3/p+1. The predicted octanol–water partition coefficient (Wildman–Crippen LogP) is 4.86. The van der Waals surface area contributed by atoms with E-state index < -0.39 is 20.4 Å². The van der Waals surface area contributed by atoms with Crippen LogP contribution in [0.4, 0.5) is 0 Å². The number of rotatable bonds is 6. The molecule has 0 bridgehead atoms. The van der Waals surface area contributed by atoms with Gasteiger partial charge in [0.1, 0.15) is 4.90 Å². The van der Waals surface area contributed by atoms with Gasteiger partial charge in [0.05, 0.1) is 25.0 Å². The highest BCUT2D eigenvalue weighted by atomic mass is 32.3. The number of hydrogen-bond acceptors (Lipinski definition) is 5. The summed E-state index contributed by atoms with van der Waals surface area (Å²) in [7, 11) is -6.60. The summed E-state index contributed by atoms with van der Waals surface area (Å²) in [6.07, 6.45) is 9.91. The molecule has 0 unspecified atom stereocenters. The molecule has 1 aromatic carbocycles. The third kappa shape index (κ3) is 3.85. The van der Waals surface area contributed by atoms with Crippen LogP contribution in [-0.2, 0) is 10.1 Å². The number of aromatic nitrogens is 3. The van der Waals surface area contributed by atoms with Gasteiger partial charge in [-0.3, -0.25) is 18.6 Å². The summed E-state index contributed by atoms with van der Waals surface area (Å²) in [6, 6.07) is 17.5. The molecule has 6 nitrogen and oxygen atoms in total. The van der Waals surface area contributed by atoms with E-state index in [2.05, 4.69) is 18.6 Å². The van der Waals surface area contributed by atoms with Gasteiger partial charge in [0.2, 0.25) is 0 Å². The van der Waals surface area contributed by atoms with Crippen LogP contribution in [0, 0.1) is 6.92 Å². The average molecular weight is 439 g/mol. The second-order valence-electron chi connectivity index (χ2n) is 6.51. The smallest absolute Gasteiger partial charge is 0.263 e. The van der Waals surface area contributed by atoms with E-state index in [0.717, 1.165) is 5.56 Å². The Morgan fingerprint density at radius 1 is 0.633 bits per heavy atom. The van der Waals surface area contributed by atoms with Crippen LogP contribution in [0.5, 0.6) is 0 Å². The third-order valence-corrected chi connectivity index (χ3v) is 9.77. The Morgan fingerprint density at radius 2 is 1.07 bits per heavy atom. The summed E-state index contributed by atoms with van der Waals surface area (Å²) in [6.45, 7) is 1.91. The first kappa shape index (κ1) is 20.2. The Hall–Kier alpha value is -3.07. The quantitative estimate of drug-likeness (QED) is 0.317. The first-order valence-corrected chi connectivity index (χ1v) is 12.1. The van der Waals surface area contributed by atoms with Crippen molar-refractivity contribution in [2.45, 2.75) is 26.5 Å². The van der Waals surface area contributed by atoms with E-state index in [4.69, 9.17) is 0 Å². The second-order valence-corrected chi connectivity index (χ2v) is 11.1. The maximum Gasteiger partial charge on any atom is 0.422 e. The fraction of sp³-hybridized carbons (Fsp3) is 0.0455. The normalized spacial score (nSPS) is 12.4. The highest BCUT2D eigenvalue weighted by Crippen LogP contribution is 2.68. The van der Waals surface area contributed by atoms with Crippen LogP contribution in [0.15, 0.2) is 117 Å². The topological polar surface area (TPSA) is 85.6 Å². The van der Waals surface area contributed by atoms with Gasteiger partial charge in [-0.1, -0.05) is 17.7 Å². The minimum absolute atomic E-state index is 0.140. The molecule has 1 N–H and O–H groups in total. The van der Waals surface area contributed by atoms with Crippen LogP contribution in [0.1, 0.15) is 5.56 Å². The van der Waals surface area contributed by atoms with Crippen LogP contribution < -0.4 is 0 Å². The minimum Gasteiger partial charge on any atom is -0.263 e. The molecular weight excluding hydrogens is 418 g/mol. The third-order valence-electron chi connectivity index (χ3n) is 4.46. The van der Waals surface area contributed by atoms with Crippen molar-refractivity contribution >= 4 is 20.4 Å². The predicted molar refractivity (Wildman–Crippen MR) is 116 cm³/mol. The van der Waals surface area contributed by atoms with E-state index in [9.17, 15) is 8.42 Å². The number of aryl methyl sites for hydroxylation is 1. The molecule has 3 aromatic heterocycles. The molecule has 0 spiro atoms. The lowest BCUT2D eigenvalue weighted by Gasteiger charge is -2.33. The van der Waals surface area contributed by atoms with Gasteiger partial charge in [-0.2, -0.15) is 0 Å². The van der Waals surface area contributed by atoms with Gasteiger partial charge in [0.25, 0.3) is 0 Å². The van der Waals surface area contributed by atoms with Crippen LogP contribution in [0.25, 0.3) is 0 Å². The molecule has 0 amide bonds. The minimum atomic E-state index is -4.00. The van der Waals surface area contributed by atoms with E-state index in [1.807, 2.05) is 25.1 Å². The highest BCUT2D eigenvalue weighted by Gasteiger charge is 2.44. The first-order chi connectivity index (χ1) is 14.5. The van der Waals surface area contributed by atoms with Crippen molar-refractivity contribution in [2.75, 3.05) is 0 Å². The highest BCUT2D eigenvalue weighted by molar-refractivity contribution is 8.32. The second kappa shape index (κ2) is 8.35. The Morgan fingerprint density at radius 3 is 1.43 bits per heavy atom. The van der Waals surface area contributed by atoms with Crippen molar-refractivity contribution < 1.29 is 12.0 Å². The van der Waals surface area contributed by atoms with Gasteiger partial charge < -0.3 is 0 Å². The van der Waals surface area contributed by atoms with Crippen molar-refractivity contribution in [2.24, 2.45) is 0 Å². The Kier molecular flexibility index (Phi) is 5.63. The van der Waals surface area contributed by atoms with Crippen LogP contribution in [0.2, 0.25) is 0 Å². The van der Waals surface area contributed by atoms with Crippen molar-refractivity contribution in [1.29, 1.82) is 0 Å². The SMILES string of the molecule is Cc1ccc(S(=O)(=O)[OH+]S(c2cccnc2)(c2cccnc2)c2cccnc2)cc1. The molecule has 4 aromatic rings. The van der Waals surface area contributed by atoms with Crippen molar-refractivity contribution in [3.63, 3.8) is 0 Å². The van der Waals surface area contributed by atoms with Crippen molar-refractivity contribution in [3.8, 4) is 0 Å². The first-order valence-electron chi connectivity index (χ1n) is 9.12. The summed E-state index contributed by atoms with van der Waals surface area (Å²) < 4.78 is 31.5. The average Bonchev–Trinajstić information content (AvgIpc) is 2.79. The van der Waals surface area contributed by atoms with Gasteiger partial charge in [-0.15, -0.1) is 8.42 Å². The number of pyridine rings is 3. The van der Waals surface area contributed by atoms with Gasteiger partial charge in [0, 0.05) is 37.2 Å². The molecule has 0 saturated heterocycles. The molecular formula is C22H20N3O3S2+. The molecule has 4 rings (SSSR count). The molecule has 0 aliphatic carbocycles. The molecule has 0 atom stereocenters. The zero-order valence-corrected chi connectivity index (χ0v) is 17.8. The van der Waals surface area contributed by atoms with Gasteiger partial charge >= 0.3 is 10.1 Å². The van der Waals surface area contributed by atoms with Gasteiger partial charge in [0.15, 0.2) is 0 Å². The summed E-state index contributed by atoms with van der Waals surface area (Å²) in [5.74, 6) is 0. The Labute approximate surface area is 177 Å². The molecule has 0 saturated carbocycles. The molecule has 0 aliphatic rings. The van der Waals surface area contributed by atoms with E-state index in [-0.39, 0.29) is 4.90 Å². The summed E-state index contributed by atoms with van der Waals surface area (Å²) >= 11 is 0. The fourth-order valence-electron chi connectivity index (χ4n) is 3.00. The van der Waals surface area contributed by atoms with Crippen LogP contribution >= 0.6 is 10.3 Å². The summed E-state index contributed by atoms with van der Waals surface area (Å²) in [4.78, 5) is 14.9. The maximum atomic E-state index is 13.5. The maximum absolute atomic E-state index is 13.5. The zero-order valence-electron chi connectivity index (χ0n) is 16.2. The summed E-state index contributed by atoms with van der Waals surface area (Å²) in [5, 5.41) is 0.